The van der Waals surface area contributed by atoms with Gasteiger partial charge >= 0.3 is 0 Å². The van der Waals surface area contributed by atoms with Crippen molar-refractivity contribution in [2.75, 3.05) is 6.61 Å². The summed E-state index contributed by atoms with van der Waals surface area (Å²) in [6.45, 7) is 6.65. The minimum absolute atomic E-state index is 0.0959. The molecular formula is C17H35NO. The highest BCUT2D eigenvalue weighted by molar-refractivity contribution is 5.57. The van der Waals surface area contributed by atoms with E-state index in [2.05, 4.69) is 25.8 Å². The van der Waals surface area contributed by atoms with Crippen LogP contribution in [0.4, 0.5) is 0 Å². The molecule has 0 aliphatic rings. The lowest BCUT2D eigenvalue weighted by Crippen LogP contribution is -2.17. The van der Waals surface area contributed by atoms with Gasteiger partial charge < -0.3 is 5.11 Å². The molecule has 0 saturated heterocycles. The molecule has 0 aromatic rings. The Balaban J connectivity index is 3.28. The Bertz CT molecular complexity index is 201. The number of unbranched alkanes of at least 4 members (excludes halogenated alkanes) is 9. The minimum atomic E-state index is 0.0959. The first-order valence-electron chi connectivity index (χ1n) is 8.34. The molecule has 0 aromatic carbocycles. The van der Waals surface area contributed by atoms with Crippen molar-refractivity contribution in [1.82, 2.24) is 0 Å². The molecule has 0 bridgehead atoms. The predicted octanol–water partition coefficient (Wildman–Crippen LogP) is 5.00. The van der Waals surface area contributed by atoms with Crippen LogP contribution in [-0.4, -0.2) is 24.0 Å². The molecule has 1 atom stereocenters. The number of aliphatic hydroxyl groups is 1. The summed E-state index contributed by atoms with van der Waals surface area (Å²) in [4.78, 5) is 4.43. The van der Waals surface area contributed by atoms with E-state index >= 15 is 0 Å². The minimum Gasteiger partial charge on any atom is -0.394 e. The fourth-order valence-corrected chi connectivity index (χ4v) is 2.19. The quantitative estimate of drug-likeness (QED) is 0.370. The Morgan fingerprint density at radius 1 is 0.895 bits per heavy atom. The van der Waals surface area contributed by atoms with E-state index in [4.69, 9.17) is 5.11 Å². The third-order valence-corrected chi connectivity index (χ3v) is 3.69. The lowest BCUT2D eigenvalue weighted by molar-refractivity contribution is 0.240. The molecule has 2 nitrogen and oxygen atoms in total. The monoisotopic (exact) mass is 269 g/mol. The zero-order chi connectivity index (χ0) is 14.3. The maximum Gasteiger partial charge on any atom is 0.0749 e. The molecule has 0 radical (unpaired) electrons. The molecule has 0 heterocycles. The number of rotatable bonds is 13. The highest BCUT2D eigenvalue weighted by Crippen LogP contribution is 2.10. The molecule has 0 saturated carbocycles. The first kappa shape index (κ1) is 18.6. The molecule has 0 spiro atoms. The SMILES string of the molecule is CCCCCCCCCCCC=N[C@H](CO)C(C)C. The molecule has 2 heteroatoms. The van der Waals surface area contributed by atoms with Gasteiger partial charge in [-0.1, -0.05) is 72.1 Å². The number of hydrogen-bond acceptors (Lipinski definition) is 2. The smallest absolute Gasteiger partial charge is 0.0749 e. The van der Waals surface area contributed by atoms with E-state index in [0.29, 0.717) is 5.92 Å². The molecule has 1 N–H and O–H groups in total. The molecule has 19 heavy (non-hydrogen) atoms. The summed E-state index contributed by atoms with van der Waals surface area (Å²) in [6.07, 6.45) is 15.4. The van der Waals surface area contributed by atoms with Gasteiger partial charge in [-0.3, -0.25) is 4.99 Å². The van der Waals surface area contributed by atoms with Crippen LogP contribution in [0.3, 0.4) is 0 Å². The third-order valence-electron chi connectivity index (χ3n) is 3.69. The maximum absolute atomic E-state index is 9.14. The summed E-state index contributed by atoms with van der Waals surface area (Å²) < 4.78 is 0. The Labute approximate surface area is 120 Å². The van der Waals surface area contributed by atoms with Gasteiger partial charge in [0.25, 0.3) is 0 Å². The van der Waals surface area contributed by atoms with Crippen molar-refractivity contribution in [2.24, 2.45) is 10.9 Å². The summed E-state index contributed by atoms with van der Waals surface area (Å²) in [7, 11) is 0. The van der Waals surface area contributed by atoms with E-state index in [1.807, 2.05) is 6.21 Å². The summed E-state index contributed by atoms with van der Waals surface area (Å²) in [5.41, 5.74) is 0. The summed E-state index contributed by atoms with van der Waals surface area (Å²) in [6, 6.07) is 0.0959. The van der Waals surface area contributed by atoms with Crippen LogP contribution < -0.4 is 0 Å². The summed E-state index contributed by atoms with van der Waals surface area (Å²) >= 11 is 0. The number of aliphatic imine (C=N–C) groups is 1. The standard InChI is InChI=1S/C17H35NO/c1-4-5-6-7-8-9-10-11-12-13-14-18-17(15-19)16(2)3/h14,16-17,19H,4-13,15H2,1-3H3/t17-/m1/s1. The second kappa shape index (κ2) is 14.0. The van der Waals surface area contributed by atoms with Gasteiger partial charge in [0.05, 0.1) is 12.6 Å². The maximum atomic E-state index is 9.14. The van der Waals surface area contributed by atoms with Crippen molar-refractivity contribution >= 4 is 6.21 Å². The van der Waals surface area contributed by atoms with Crippen LogP contribution in [0.25, 0.3) is 0 Å². The average molecular weight is 269 g/mol. The molecule has 0 rings (SSSR count). The zero-order valence-corrected chi connectivity index (χ0v) is 13.4. The van der Waals surface area contributed by atoms with Crippen molar-refractivity contribution in [2.45, 2.75) is 91.0 Å². The van der Waals surface area contributed by atoms with Crippen molar-refractivity contribution < 1.29 is 5.11 Å². The van der Waals surface area contributed by atoms with Gasteiger partial charge in [-0.15, -0.1) is 0 Å². The highest BCUT2D eigenvalue weighted by atomic mass is 16.3. The van der Waals surface area contributed by atoms with Crippen LogP contribution in [-0.2, 0) is 0 Å². The van der Waals surface area contributed by atoms with Crippen molar-refractivity contribution in [1.29, 1.82) is 0 Å². The Kier molecular flexibility index (Phi) is 13.8. The second-order valence-electron chi connectivity index (χ2n) is 5.94. The van der Waals surface area contributed by atoms with E-state index in [1.165, 1.54) is 57.8 Å². The van der Waals surface area contributed by atoms with Crippen LogP contribution >= 0.6 is 0 Å². The van der Waals surface area contributed by atoms with Gasteiger partial charge in [0.2, 0.25) is 0 Å². The van der Waals surface area contributed by atoms with Gasteiger partial charge in [0.15, 0.2) is 0 Å². The second-order valence-corrected chi connectivity index (χ2v) is 5.94. The van der Waals surface area contributed by atoms with Crippen molar-refractivity contribution in [3.05, 3.63) is 0 Å². The van der Waals surface area contributed by atoms with Crippen molar-refractivity contribution in [3.63, 3.8) is 0 Å². The van der Waals surface area contributed by atoms with Crippen LogP contribution in [0.1, 0.15) is 85.0 Å². The van der Waals surface area contributed by atoms with E-state index in [0.717, 1.165) is 6.42 Å². The van der Waals surface area contributed by atoms with E-state index in [1.54, 1.807) is 0 Å². The van der Waals surface area contributed by atoms with Crippen molar-refractivity contribution in [3.8, 4) is 0 Å². The first-order valence-corrected chi connectivity index (χ1v) is 8.34. The fourth-order valence-electron chi connectivity index (χ4n) is 2.19. The Morgan fingerprint density at radius 3 is 1.89 bits per heavy atom. The normalized spacial score (nSPS) is 13.5. The van der Waals surface area contributed by atoms with Crippen LogP contribution in [0, 0.1) is 5.92 Å². The van der Waals surface area contributed by atoms with Gasteiger partial charge in [-0.05, 0) is 25.0 Å². The van der Waals surface area contributed by atoms with E-state index < -0.39 is 0 Å². The van der Waals surface area contributed by atoms with Gasteiger partial charge in [0.1, 0.15) is 0 Å². The highest BCUT2D eigenvalue weighted by Gasteiger charge is 2.08. The Hall–Kier alpha value is -0.370. The van der Waals surface area contributed by atoms with E-state index in [9.17, 15) is 0 Å². The molecule has 0 fully saturated rings. The zero-order valence-electron chi connectivity index (χ0n) is 13.4. The van der Waals surface area contributed by atoms with Crippen LogP contribution in [0.5, 0.6) is 0 Å². The van der Waals surface area contributed by atoms with Crippen LogP contribution in [0.15, 0.2) is 4.99 Å². The van der Waals surface area contributed by atoms with Gasteiger partial charge in [-0.2, -0.15) is 0 Å². The number of aliphatic hydroxyl groups excluding tert-OH is 1. The van der Waals surface area contributed by atoms with Crippen LogP contribution in [0.2, 0.25) is 0 Å². The number of nitrogens with zero attached hydrogens (tertiary/aromatic N) is 1. The summed E-state index contributed by atoms with van der Waals surface area (Å²) in [5.74, 6) is 0.435. The lowest BCUT2D eigenvalue weighted by atomic mass is 10.1. The molecular weight excluding hydrogens is 234 g/mol. The number of hydrogen-bond donors (Lipinski definition) is 1. The lowest BCUT2D eigenvalue weighted by Gasteiger charge is -2.12. The predicted molar refractivity (Wildman–Crippen MR) is 86.0 cm³/mol. The average Bonchev–Trinajstić information content (AvgIpc) is 2.40. The third kappa shape index (κ3) is 12.4. The van der Waals surface area contributed by atoms with E-state index in [-0.39, 0.29) is 12.6 Å². The Morgan fingerprint density at radius 2 is 1.42 bits per heavy atom. The molecule has 114 valence electrons. The molecule has 0 aliphatic heterocycles. The van der Waals surface area contributed by atoms with Gasteiger partial charge in [0, 0.05) is 0 Å². The first-order chi connectivity index (χ1) is 9.22. The summed E-state index contributed by atoms with van der Waals surface area (Å²) in [5, 5.41) is 9.14. The largest absolute Gasteiger partial charge is 0.394 e. The molecule has 0 aromatic heterocycles. The molecule has 0 unspecified atom stereocenters. The topological polar surface area (TPSA) is 32.6 Å². The molecule has 0 aliphatic carbocycles. The molecule has 0 amide bonds. The fraction of sp³-hybridized carbons (Fsp3) is 0.941. The van der Waals surface area contributed by atoms with Gasteiger partial charge in [-0.25, -0.2) is 0 Å².